The van der Waals surface area contributed by atoms with Crippen LogP contribution in [-0.2, 0) is 16.1 Å². The van der Waals surface area contributed by atoms with Crippen LogP contribution in [0.25, 0.3) is 0 Å². The summed E-state index contributed by atoms with van der Waals surface area (Å²) in [4.78, 5) is 30.6. The minimum Gasteiger partial charge on any atom is -0.341 e. The van der Waals surface area contributed by atoms with Crippen LogP contribution in [-0.4, -0.2) is 41.2 Å². The number of halogens is 1. The monoisotopic (exact) mass is 398 g/mol. The Morgan fingerprint density at radius 3 is 2.59 bits per heavy atom. The zero-order chi connectivity index (χ0) is 20.3. The van der Waals surface area contributed by atoms with Gasteiger partial charge in [-0.2, -0.15) is 0 Å². The molecule has 1 aliphatic carbocycles. The number of benzene rings is 1. The molecule has 1 spiro atoms. The van der Waals surface area contributed by atoms with Crippen molar-refractivity contribution in [2.75, 3.05) is 19.6 Å². The van der Waals surface area contributed by atoms with E-state index in [0.717, 1.165) is 50.6 Å². The molecule has 0 unspecified atom stereocenters. The Labute approximate surface area is 172 Å². The molecule has 156 valence electrons. The summed E-state index contributed by atoms with van der Waals surface area (Å²) in [5.74, 6) is 0.268. The molecule has 1 aromatic rings. The van der Waals surface area contributed by atoms with Crippen LogP contribution in [0, 0.1) is 17.2 Å². The van der Waals surface area contributed by atoms with E-state index in [-0.39, 0.29) is 23.5 Å². The summed E-state index contributed by atoms with van der Waals surface area (Å²) in [5.41, 5.74) is 0.409. The molecule has 29 heavy (non-hydrogen) atoms. The van der Waals surface area contributed by atoms with E-state index in [2.05, 4.69) is 12.2 Å². The summed E-state index contributed by atoms with van der Waals surface area (Å²) >= 11 is 0. The third-order valence-electron chi connectivity index (χ3n) is 6.87. The van der Waals surface area contributed by atoms with E-state index in [1.807, 2.05) is 9.80 Å². The number of hydrogen-bond acceptors (Lipinski definition) is 2. The van der Waals surface area contributed by atoms with Crippen LogP contribution in [0.5, 0.6) is 0 Å². The number of nitrogens with zero attached hydrogens (tertiary/aromatic N) is 2. The third kappa shape index (κ3) is 4.39. The molecule has 1 saturated heterocycles. The Hall–Kier alpha value is -2.17. The predicted octanol–water partition coefficient (Wildman–Crippen LogP) is 4.30. The zero-order valence-electron chi connectivity index (χ0n) is 17.1. The Morgan fingerprint density at radius 1 is 1.07 bits per heavy atom. The van der Waals surface area contributed by atoms with E-state index in [1.165, 1.54) is 18.6 Å². The first-order chi connectivity index (χ1) is 14.1. The minimum atomic E-state index is -0.518. The molecule has 2 aliphatic heterocycles. The van der Waals surface area contributed by atoms with Gasteiger partial charge in [0, 0.05) is 32.1 Å². The van der Waals surface area contributed by atoms with Crippen LogP contribution in [0.3, 0.4) is 0 Å². The summed E-state index contributed by atoms with van der Waals surface area (Å²) in [6, 6.07) is 6.36. The molecule has 0 aromatic heterocycles. The molecule has 1 atom stereocenters. The van der Waals surface area contributed by atoms with Gasteiger partial charge in [0.05, 0.1) is 5.41 Å². The van der Waals surface area contributed by atoms with Crippen molar-refractivity contribution in [3.63, 3.8) is 0 Å². The standard InChI is InChI=1S/C24H31FN2O2/c25-21-11-9-19(10-12-21)17-26-15-5-4-13-24(23(26)29)14-6-16-27(18-24)22(28)20-7-2-1-3-8-20/h4-5,9-12,20H,1-3,6-8,13-18H2/t24-/m1/s1. The normalized spacial score (nSPS) is 26.0. The average molecular weight is 399 g/mol. The van der Waals surface area contributed by atoms with Gasteiger partial charge >= 0.3 is 0 Å². The molecule has 2 heterocycles. The second kappa shape index (κ2) is 8.68. The molecular weight excluding hydrogens is 367 g/mol. The molecule has 0 bridgehead atoms. The van der Waals surface area contributed by atoms with Crippen molar-refractivity contribution in [2.45, 2.75) is 57.9 Å². The molecule has 1 saturated carbocycles. The van der Waals surface area contributed by atoms with Crippen LogP contribution < -0.4 is 0 Å². The summed E-state index contributed by atoms with van der Waals surface area (Å²) < 4.78 is 13.2. The minimum absolute atomic E-state index is 0.132. The van der Waals surface area contributed by atoms with Gasteiger partial charge in [0.25, 0.3) is 0 Å². The largest absolute Gasteiger partial charge is 0.341 e. The maximum absolute atomic E-state index is 13.6. The second-order valence-corrected chi connectivity index (χ2v) is 8.97. The van der Waals surface area contributed by atoms with Crippen molar-refractivity contribution in [3.05, 3.63) is 47.8 Å². The number of amides is 2. The molecule has 4 nitrogen and oxygen atoms in total. The van der Waals surface area contributed by atoms with E-state index in [1.54, 1.807) is 12.1 Å². The van der Waals surface area contributed by atoms with Gasteiger partial charge in [0.15, 0.2) is 0 Å². The molecule has 1 aromatic carbocycles. The number of likely N-dealkylation sites (tertiary alicyclic amines) is 1. The predicted molar refractivity (Wildman–Crippen MR) is 110 cm³/mol. The van der Waals surface area contributed by atoms with Crippen molar-refractivity contribution in [3.8, 4) is 0 Å². The SMILES string of the molecule is O=C(C1CCCCC1)N1CCC[C@]2(CC=CCN(Cc3ccc(F)cc3)C2=O)C1. The molecule has 3 aliphatic rings. The van der Waals surface area contributed by atoms with Gasteiger partial charge < -0.3 is 9.80 Å². The van der Waals surface area contributed by atoms with Crippen molar-refractivity contribution in [1.29, 1.82) is 0 Å². The third-order valence-corrected chi connectivity index (χ3v) is 6.87. The molecule has 2 fully saturated rings. The quantitative estimate of drug-likeness (QED) is 0.712. The fourth-order valence-corrected chi connectivity index (χ4v) is 5.23. The van der Waals surface area contributed by atoms with Crippen molar-refractivity contribution >= 4 is 11.8 Å². The number of allylic oxidation sites excluding steroid dienone is 1. The highest BCUT2D eigenvalue weighted by molar-refractivity contribution is 5.86. The number of carbonyl (C=O) groups is 2. The first kappa shape index (κ1) is 20.1. The zero-order valence-corrected chi connectivity index (χ0v) is 17.1. The average Bonchev–Trinajstić information content (AvgIpc) is 2.90. The van der Waals surface area contributed by atoms with Crippen LogP contribution >= 0.6 is 0 Å². The topological polar surface area (TPSA) is 40.6 Å². The molecule has 4 rings (SSSR count). The van der Waals surface area contributed by atoms with Crippen molar-refractivity contribution < 1.29 is 14.0 Å². The van der Waals surface area contributed by atoms with E-state index in [0.29, 0.717) is 26.1 Å². The Balaban J connectivity index is 1.50. The van der Waals surface area contributed by atoms with Crippen molar-refractivity contribution in [2.24, 2.45) is 11.3 Å². The smallest absolute Gasteiger partial charge is 0.231 e. The Morgan fingerprint density at radius 2 is 1.83 bits per heavy atom. The molecular formula is C24H31FN2O2. The van der Waals surface area contributed by atoms with E-state index in [4.69, 9.17) is 0 Å². The maximum atomic E-state index is 13.6. The summed E-state index contributed by atoms with van der Waals surface area (Å²) in [5, 5.41) is 0. The number of piperidine rings is 1. The summed E-state index contributed by atoms with van der Waals surface area (Å²) in [6.07, 6.45) is 12.1. The lowest BCUT2D eigenvalue weighted by Gasteiger charge is -2.44. The maximum Gasteiger partial charge on any atom is 0.231 e. The Kier molecular flexibility index (Phi) is 6.02. The van der Waals surface area contributed by atoms with E-state index >= 15 is 0 Å². The van der Waals surface area contributed by atoms with Gasteiger partial charge in [-0.15, -0.1) is 0 Å². The van der Waals surface area contributed by atoms with Gasteiger partial charge in [-0.25, -0.2) is 4.39 Å². The number of rotatable bonds is 3. The first-order valence-corrected chi connectivity index (χ1v) is 11.0. The highest BCUT2D eigenvalue weighted by atomic mass is 19.1. The second-order valence-electron chi connectivity index (χ2n) is 8.97. The molecule has 5 heteroatoms. The fraction of sp³-hybridized carbons (Fsp3) is 0.583. The van der Waals surface area contributed by atoms with Gasteiger partial charge in [0.1, 0.15) is 5.82 Å². The van der Waals surface area contributed by atoms with Crippen LogP contribution in [0.1, 0.15) is 56.9 Å². The first-order valence-electron chi connectivity index (χ1n) is 11.0. The highest BCUT2D eigenvalue weighted by Gasteiger charge is 2.46. The molecule has 2 amide bonds. The van der Waals surface area contributed by atoms with Crippen LogP contribution in [0.15, 0.2) is 36.4 Å². The van der Waals surface area contributed by atoms with Crippen LogP contribution in [0.4, 0.5) is 4.39 Å². The molecule has 0 N–H and O–H groups in total. The lowest BCUT2D eigenvalue weighted by molar-refractivity contribution is -0.150. The number of hydrogen-bond donors (Lipinski definition) is 0. The summed E-state index contributed by atoms with van der Waals surface area (Å²) in [7, 11) is 0. The highest BCUT2D eigenvalue weighted by Crippen LogP contribution is 2.39. The van der Waals surface area contributed by atoms with Crippen LogP contribution in [0.2, 0.25) is 0 Å². The summed E-state index contributed by atoms with van der Waals surface area (Å²) in [6.45, 7) is 2.34. The fourth-order valence-electron chi connectivity index (χ4n) is 5.23. The van der Waals surface area contributed by atoms with E-state index in [9.17, 15) is 14.0 Å². The lowest BCUT2D eigenvalue weighted by Crippen LogP contribution is -2.54. The lowest BCUT2D eigenvalue weighted by atomic mass is 9.75. The van der Waals surface area contributed by atoms with Gasteiger partial charge in [-0.05, 0) is 49.8 Å². The van der Waals surface area contributed by atoms with Gasteiger partial charge in [0.2, 0.25) is 11.8 Å². The van der Waals surface area contributed by atoms with Gasteiger partial charge in [-0.1, -0.05) is 43.5 Å². The number of carbonyl (C=O) groups excluding carboxylic acids is 2. The van der Waals surface area contributed by atoms with E-state index < -0.39 is 5.41 Å². The molecule has 0 radical (unpaired) electrons. The van der Waals surface area contributed by atoms with Crippen molar-refractivity contribution in [1.82, 2.24) is 9.80 Å². The van der Waals surface area contributed by atoms with Gasteiger partial charge in [-0.3, -0.25) is 9.59 Å². The Bertz CT molecular complexity index is 770.